The maximum atomic E-state index is 11.5. The summed E-state index contributed by atoms with van der Waals surface area (Å²) in [6.07, 6.45) is 3.30. The van der Waals surface area contributed by atoms with Crippen molar-refractivity contribution < 1.29 is 29.5 Å². The van der Waals surface area contributed by atoms with E-state index in [1.165, 1.54) is 18.3 Å². The maximum Gasteiger partial charge on any atom is 0.150 e. The Morgan fingerprint density at radius 3 is 2.46 bits per heavy atom. The van der Waals surface area contributed by atoms with Crippen molar-refractivity contribution in [3.8, 4) is 22.5 Å². The summed E-state index contributed by atoms with van der Waals surface area (Å²) < 4.78 is 24.7. The number of benzene rings is 1. The van der Waals surface area contributed by atoms with Gasteiger partial charge in [0.05, 0.1) is 27.6 Å². The molecule has 0 saturated heterocycles. The van der Waals surface area contributed by atoms with Crippen LogP contribution in [0, 0.1) is 13.8 Å². The number of rotatable bonds is 3. The number of nitrogens with two attached hydrogens (primary N) is 1. The van der Waals surface area contributed by atoms with Crippen LogP contribution in [0.15, 0.2) is 35.5 Å². The van der Waals surface area contributed by atoms with E-state index in [1.807, 2.05) is 13.8 Å². The molecule has 0 atom stereocenters. The van der Waals surface area contributed by atoms with Crippen molar-refractivity contribution in [3.05, 3.63) is 47.0 Å². The summed E-state index contributed by atoms with van der Waals surface area (Å²) in [7, 11) is -2.26. The van der Waals surface area contributed by atoms with Gasteiger partial charge in [-0.3, -0.25) is 4.68 Å². The summed E-state index contributed by atoms with van der Waals surface area (Å²) in [6, 6.07) is 4.47. The Balaban J connectivity index is 0.00000243. The van der Waals surface area contributed by atoms with Crippen molar-refractivity contribution in [1.29, 1.82) is 0 Å². The molecule has 2 aromatic heterocycles. The Hall–Kier alpha value is -2.09. The molecule has 26 heavy (non-hydrogen) atoms. The first-order chi connectivity index (χ1) is 11.7. The normalized spacial score (nSPS) is 11.2. The molecule has 3 aromatic rings. The summed E-state index contributed by atoms with van der Waals surface area (Å²) >= 11 is 0. The molecular formula is C16H17N6O2SW-. The first kappa shape index (κ1) is 20.2. The molecule has 8 nitrogen and oxygen atoms in total. The third kappa shape index (κ3) is 3.85. The fourth-order valence-corrected chi connectivity index (χ4v) is 3.12. The van der Waals surface area contributed by atoms with Gasteiger partial charge in [0.15, 0.2) is 0 Å². The van der Waals surface area contributed by atoms with E-state index in [0.717, 1.165) is 16.8 Å². The van der Waals surface area contributed by atoms with E-state index < -0.39 is 10.0 Å². The van der Waals surface area contributed by atoms with Gasteiger partial charge in [0.1, 0.15) is 11.5 Å². The van der Waals surface area contributed by atoms with Crippen LogP contribution in [0.3, 0.4) is 0 Å². The van der Waals surface area contributed by atoms with Crippen LogP contribution in [0.25, 0.3) is 27.7 Å². The topological polar surface area (TPSA) is 128 Å². The van der Waals surface area contributed by atoms with Crippen LogP contribution in [0.4, 0.5) is 5.82 Å². The SMILES string of the molecule is Cc1ccc(S([NH-])(=O)=O)cc1-c1cnc(N)c(-c2cn(C)nc2C)n1.[W]. The first-order valence-corrected chi connectivity index (χ1v) is 8.89. The zero-order valence-corrected chi connectivity index (χ0v) is 18.1. The maximum absolute atomic E-state index is 11.5. The van der Waals surface area contributed by atoms with Crippen molar-refractivity contribution in [2.24, 2.45) is 7.05 Å². The molecule has 2 heterocycles. The molecule has 3 rings (SSSR count). The number of aryl methyl sites for hydroxylation is 3. The van der Waals surface area contributed by atoms with E-state index in [1.54, 1.807) is 24.0 Å². The van der Waals surface area contributed by atoms with Crippen LogP contribution in [0.1, 0.15) is 11.3 Å². The van der Waals surface area contributed by atoms with Crippen LogP contribution >= 0.6 is 0 Å². The van der Waals surface area contributed by atoms with E-state index in [9.17, 15) is 8.42 Å². The largest absolute Gasteiger partial charge is 0.560 e. The van der Waals surface area contributed by atoms with E-state index in [-0.39, 0.29) is 31.8 Å². The molecule has 0 aliphatic rings. The smallest absolute Gasteiger partial charge is 0.150 e. The average molecular weight is 541 g/mol. The van der Waals surface area contributed by atoms with Crippen molar-refractivity contribution in [2.45, 2.75) is 18.7 Å². The zero-order valence-electron chi connectivity index (χ0n) is 14.4. The fourth-order valence-electron chi connectivity index (χ4n) is 2.60. The Morgan fingerprint density at radius 2 is 1.88 bits per heavy atom. The average Bonchev–Trinajstić information content (AvgIpc) is 2.86. The van der Waals surface area contributed by atoms with Crippen LogP contribution in [0.2, 0.25) is 0 Å². The second-order valence-electron chi connectivity index (χ2n) is 5.77. The minimum Gasteiger partial charge on any atom is -0.560 e. The van der Waals surface area contributed by atoms with Gasteiger partial charge >= 0.3 is 0 Å². The summed E-state index contributed by atoms with van der Waals surface area (Å²) in [4.78, 5) is 8.68. The van der Waals surface area contributed by atoms with Crippen LogP contribution in [-0.2, 0) is 38.1 Å². The van der Waals surface area contributed by atoms with Crippen LogP contribution in [0.5, 0.6) is 0 Å². The van der Waals surface area contributed by atoms with Gasteiger partial charge < -0.3 is 10.9 Å². The number of aromatic nitrogens is 4. The summed E-state index contributed by atoms with van der Waals surface area (Å²) in [6.45, 7) is 3.68. The Morgan fingerprint density at radius 1 is 1.19 bits per heavy atom. The molecule has 0 radical (unpaired) electrons. The van der Waals surface area contributed by atoms with Crippen LogP contribution < -0.4 is 5.73 Å². The predicted molar refractivity (Wildman–Crippen MR) is 95.1 cm³/mol. The second kappa shape index (κ2) is 7.26. The predicted octanol–water partition coefficient (Wildman–Crippen LogP) is 2.48. The van der Waals surface area contributed by atoms with Gasteiger partial charge in [0, 0.05) is 50.3 Å². The Kier molecular flexibility index (Phi) is 5.65. The van der Waals surface area contributed by atoms with Gasteiger partial charge in [-0.15, -0.1) is 0 Å². The first-order valence-electron chi connectivity index (χ1n) is 7.40. The number of hydrogen-bond donors (Lipinski definition) is 1. The number of hydrogen-bond acceptors (Lipinski definition) is 6. The van der Waals surface area contributed by atoms with Crippen molar-refractivity contribution in [3.63, 3.8) is 0 Å². The Bertz CT molecular complexity index is 1080. The van der Waals surface area contributed by atoms with Gasteiger partial charge in [-0.05, 0) is 31.5 Å². The monoisotopic (exact) mass is 541 g/mol. The van der Waals surface area contributed by atoms with Gasteiger partial charge in [0.2, 0.25) is 0 Å². The van der Waals surface area contributed by atoms with E-state index in [4.69, 9.17) is 10.9 Å². The minimum absolute atomic E-state index is 0. The molecule has 1 aromatic carbocycles. The number of nitrogen functional groups attached to an aromatic ring is 1. The molecule has 10 heteroatoms. The third-order valence-electron chi connectivity index (χ3n) is 3.86. The van der Waals surface area contributed by atoms with E-state index in [0.29, 0.717) is 17.0 Å². The summed E-state index contributed by atoms with van der Waals surface area (Å²) in [5.41, 5.74) is 9.88. The molecule has 0 aliphatic heterocycles. The number of sulfonamides is 1. The van der Waals surface area contributed by atoms with Gasteiger partial charge in [0.25, 0.3) is 0 Å². The molecular weight excluding hydrogens is 524 g/mol. The second-order valence-corrected chi connectivity index (χ2v) is 7.25. The molecule has 0 unspecified atom stereocenters. The summed E-state index contributed by atoms with van der Waals surface area (Å²) in [5, 5.41) is 11.5. The van der Waals surface area contributed by atoms with Crippen molar-refractivity contribution in [2.75, 3.05) is 5.73 Å². The zero-order chi connectivity index (χ0) is 18.4. The third-order valence-corrected chi connectivity index (χ3v) is 4.74. The number of nitrogens with one attached hydrogen (secondary N) is 1. The van der Waals surface area contributed by atoms with E-state index >= 15 is 0 Å². The molecule has 0 aliphatic carbocycles. The molecule has 0 spiro atoms. The number of anilines is 1. The fraction of sp³-hybridized carbons (Fsp3) is 0.188. The molecule has 3 N–H and O–H groups in total. The van der Waals surface area contributed by atoms with Crippen LogP contribution in [-0.4, -0.2) is 28.2 Å². The molecule has 136 valence electrons. The Labute approximate surface area is 166 Å². The molecule has 0 bridgehead atoms. The van der Waals surface area contributed by atoms with E-state index in [2.05, 4.69) is 15.1 Å². The van der Waals surface area contributed by atoms with Crippen molar-refractivity contribution in [1.82, 2.24) is 19.7 Å². The van der Waals surface area contributed by atoms with Gasteiger partial charge in [-0.1, -0.05) is 6.07 Å². The standard InChI is InChI=1S/C16H17N6O2S.W/c1-9-4-5-11(25(18,23)24)6-12(9)14-7-19-16(17)15(20-14)13-8-22(3)21-10(13)2;/h4-8H,1-3H3,(H3-,17,18,19,23,24);/q-1;. The molecule has 0 saturated carbocycles. The molecule has 0 fully saturated rings. The number of nitrogens with zero attached hydrogens (tertiary/aromatic N) is 4. The quantitative estimate of drug-likeness (QED) is 0.543. The van der Waals surface area contributed by atoms with Gasteiger partial charge in [-0.25, -0.2) is 18.4 Å². The van der Waals surface area contributed by atoms with Gasteiger partial charge in [-0.2, -0.15) is 5.10 Å². The molecule has 0 amide bonds. The minimum atomic E-state index is -4.06. The summed E-state index contributed by atoms with van der Waals surface area (Å²) in [5.74, 6) is 0.266. The van der Waals surface area contributed by atoms with Crippen molar-refractivity contribution >= 4 is 15.8 Å².